The highest BCUT2D eigenvalue weighted by molar-refractivity contribution is 9.10. The lowest BCUT2D eigenvalue weighted by Gasteiger charge is -2.17. The Morgan fingerprint density at radius 2 is 2.10 bits per heavy atom. The van der Waals surface area contributed by atoms with Crippen molar-refractivity contribution in [3.63, 3.8) is 0 Å². The minimum absolute atomic E-state index is 0.224. The second-order valence-electron chi connectivity index (χ2n) is 4.85. The molecule has 0 fully saturated rings. The van der Waals surface area contributed by atoms with Gasteiger partial charge in [0.1, 0.15) is 5.82 Å². The van der Waals surface area contributed by atoms with Gasteiger partial charge in [0.25, 0.3) is 0 Å². The van der Waals surface area contributed by atoms with E-state index in [-0.39, 0.29) is 6.79 Å². The van der Waals surface area contributed by atoms with E-state index in [0.717, 1.165) is 27.7 Å². The molecule has 0 unspecified atom stereocenters. The quantitative estimate of drug-likeness (QED) is 0.850. The van der Waals surface area contributed by atoms with Crippen LogP contribution in [0.1, 0.15) is 11.3 Å². The number of nitrogens with zero attached hydrogens (tertiary/aromatic N) is 2. The summed E-state index contributed by atoms with van der Waals surface area (Å²) in [5.74, 6) is 2.45. The summed E-state index contributed by atoms with van der Waals surface area (Å²) >= 11 is 3.48. The van der Waals surface area contributed by atoms with Gasteiger partial charge in [0.05, 0.1) is 23.4 Å². The number of benzene rings is 1. The van der Waals surface area contributed by atoms with Crippen LogP contribution < -0.4 is 15.2 Å². The highest BCUT2D eigenvalue weighted by Crippen LogP contribution is 2.42. The van der Waals surface area contributed by atoms with E-state index in [1.54, 1.807) is 0 Å². The van der Waals surface area contributed by atoms with Gasteiger partial charge in [-0.25, -0.2) is 9.97 Å². The summed E-state index contributed by atoms with van der Waals surface area (Å²) in [6, 6.07) is 3.78. The molecular formula is C14H12BrN3O3. The number of rotatable bonds is 1. The highest BCUT2D eigenvalue weighted by atomic mass is 79.9. The number of ether oxygens (including phenoxy) is 3. The first kappa shape index (κ1) is 12.8. The molecule has 108 valence electrons. The van der Waals surface area contributed by atoms with E-state index in [0.29, 0.717) is 36.4 Å². The Kier molecular flexibility index (Phi) is 2.97. The minimum Gasteiger partial charge on any atom is -0.454 e. The summed E-state index contributed by atoms with van der Waals surface area (Å²) in [6.45, 7) is 1.36. The number of hydrogen-bond donors (Lipinski definition) is 1. The monoisotopic (exact) mass is 349 g/mol. The Labute approximate surface area is 129 Å². The number of aromatic nitrogens is 2. The largest absolute Gasteiger partial charge is 0.454 e. The third-order valence-corrected chi connectivity index (χ3v) is 4.13. The van der Waals surface area contributed by atoms with Crippen molar-refractivity contribution in [3.05, 3.63) is 27.9 Å². The Morgan fingerprint density at radius 3 is 3.00 bits per heavy atom. The maximum absolute atomic E-state index is 6.03. The van der Waals surface area contributed by atoms with Crippen molar-refractivity contribution >= 4 is 21.7 Å². The number of nitrogens with two attached hydrogens (primary N) is 1. The first-order chi connectivity index (χ1) is 10.2. The predicted molar refractivity (Wildman–Crippen MR) is 79.1 cm³/mol. The van der Waals surface area contributed by atoms with Crippen LogP contribution in [0, 0.1) is 0 Å². The molecule has 1 aromatic carbocycles. The number of anilines is 1. The Morgan fingerprint density at radius 1 is 1.19 bits per heavy atom. The summed E-state index contributed by atoms with van der Waals surface area (Å²) in [7, 11) is 0. The zero-order chi connectivity index (χ0) is 14.4. The van der Waals surface area contributed by atoms with Crippen molar-refractivity contribution in [3.8, 4) is 22.9 Å². The second kappa shape index (κ2) is 4.85. The predicted octanol–water partition coefficient (Wildman–Crippen LogP) is 2.29. The lowest BCUT2D eigenvalue weighted by Crippen LogP contribution is -2.16. The zero-order valence-electron chi connectivity index (χ0n) is 11.1. The van der Waals surface area contributed by atoms with Gasteiger partial charge >= 0.3 is 0 Å². The van der Waals surface area contributed by atoms with Crippen LogP contribution >= 0.6 is 15.9 Å². The molecule has 0 saturated heterocycles. The summed E-state index contributed by atoms with van der Waals surface area (Å²) in [4.78, 5) is 9.02. The Balaban J connectivity index is 1.84. The average Bonchev–Trinajstić information content (AvgIpc) is 2.96. The summed E-state index contributed by atoms with van der Waals surface area (Å²) in [5, 5.41) is 0. The lowest BCUT2D eigenvalue weighted by molar-refractivity contribution is 0.109. The van der Waals surface area contributed by atoms with E-state index in [1.165, 1.54) is 0 Å². The molecule has 0 spiro atoms. The fourth-order valence-electron chi connectivity index (χ4n) is 2.48. The molecule has 6 nitrogen and oxygen atoms in total. The fourth-order valence-corrected chi connectivity index (χ4v) is 3.04. The third kappa shape index (κ3) is 2.13. The minimum atomic E-state index is 0.224. The van der Waals surface area contributed by atoms with Gasteiger partial charge in [-0.1, -0.05) is 0 Å². The van der Waals surface area contributed by atoms with Gasteiger partial charge < -0.3 is 19.9 Å². The van der Waals surface area contributed by atoms with Crippen LogP contribution in [-0.2, 0) is 17.8 Å². The van der Waals surface area contributed by atoms with Crippen molar-refractivity contribution in [2.24, 2.45) is 0 Å². The third-order valence-electron chi connectivity index (χ3n) is 3.54. The lowest BCUT2D eigenvalue weighted by atomic mass is 10.1. The first-order valence-electron chi connectivity index (χ1n) is 6.55. The van der Waals surface area contributed by atoms with Gasteiger partial charge in [0, 0.05) is 17.5 Å². The molecule has 3 heterocycles. The number of hydrogen-bond acceptors (Lipinski definition) is 6. The van der Waals surface area contributed by atoms with Crippen LogP contribution in [0.3, 0.4) is 0 Å². The molecule has 7 heteroatoms. The first-order valence-corrected chi connectivity index (χ1v) is 7.34. The highest BCUT2D eigenvalue weighted by Gasteiger charge is 2.21. The summed E-state index contributed by atoms with van der Waals surface area (Å²) in [6.07, 6.45) is 0.751. The van der Waals surface area contributed by atoms with E-state index >= 15 is 0 Å². The molecule has 2 N–H and O–H groups in total. The molecule has 0 amide bonds. The van der Waals surface area contributed by atoms with E-state index in [1.807, 2.05) is 12.1 Å². The molecule has 1 aromatic heterocycles. The van der Waals surface area contributed by atoms with Crippen molar-refractivity contribution < 1.29 is 14.2 Å². The molecule has 2 aromatic rings. The van der Waals surface area contributed by atoms with E-state index in [4.69, 9.17) is 19.9 Å². The van der Waals surface area contributed by atoms with Gasteiger partial charge in [-0.05, 0) is 28.1 Å². The smallest absolute Gasteiger partial charge is 0.231 e. The number of halogens is 1. The number of fused-ring (bicyclic) bond motifs is 2. The molecule has 0 aliphatic carbocycles. The molecule has 4 rings (SSSR count). The van der Waals surface area contributed by atoms with Gasteiger partial charge in [-0.15, -0.1) is 0 Å². The molecule has 0 atom stereocenters. The van der Waals surface area contributed by atoms with Crippen molar-refractivity contribution in [1.29, 1.82) is 0 Å². The Bertz CT molecular complexity index is 736. The normalized spacial score (nSPS) is 15.9. The molecule has 0 radical (unpaired) electrons. The van der Waals surface area contributed by atoms with Crippen LogP contribution in [-0.4, -0.2) is 23.4 Å². The van der Waals surface area contributed by atoms with E-state index < -0.39 is 0 Å². The maximum atomic E-state index is 6.03. The average molecular weight is 350 g/mol. The summed E-state index contributed by atoms with van der Waals surface area (Å²) in [5.41, 5.74) is 8.72. The number of nitrogen functional groups attached to an aromatic ring is 1. The van der Waals surface area contributed by atoms with Crippen molar-refractivity contribution in [2.45, 2.75) is 13.0 Å². The van der Waals surface area contributed by atoms with Crippen molar-refractivity contribution in [1.82, 2.24) is 9.97 Å². The molecular weight excluding hydrogens is 338 g/mol. The van der Waals surface area contributed by atoms with Gasteiger partial charge in [0.2, 0.25) is 6.79 Å². The molecule has 21 heavy (non-hydrogen) atoms. The molecule has 2 aliphatic rings. The van der Waals surface area contributed by atoms with Crippen LogP contribution in [0.4, 0.5) is 5.82 Å². The van der Waals surface area contributed by atoms with Crippen LogP contribution in [0.25, 0.3) is 11.4 Å². The van der Waals surface area contributed by atoms with Crippen LogP contribution in [0.5, 0.6) is 11.5 Å². The molecule has 2 aliphatic heterocycles. The van der Waals surface area contributed by atoms with Crippen molar-refractivity contribution in [2.75, 3.05) is 19.1 Å². The van der Waals surface area contributed by atoms with E-state index in [2.05, 4.69) is 25.9 Å². The maximum Gasteiger partial charge on any atom is 0.231 e. The Hall–Kier alpha value is -1.86. The SMILES string of the molecule is Nc1nc(-c2cc(Br)c3c(c2)OCO3)nc2c1COCC2. The van der Waals surface area contributed by atoms with E-state index in [9.17, 15) is 0 Å². The van der Waals surface area contributed by atoms with Crippen LogP contribution in [0.2, 0.25) is 0 Å². The topological polar surface area (TPSA) is 79.5 Å². The summed E-state index contributed by atoms with van der Waals surface area (Å²) < 4.78 is 17.0. The van der Waals surface area contributed by atoms with Gasteiger partial charge in [0.15, 0.2) is 17.3 Å². The molecule has 0 bridgehead atoms. The standard InChI is InChI=1S/C14H12BrN3O3/c15-9-3-7(4-11-12(9)21-6-20-11)14-17-10-1-2-19-5-8(10)13(16)18-14/h3-4H,1-2,5-6H2,(H2,16,17,18). The zero-order valence-corrected chi connectivity index (χ0v) is 12.6. The van der Waals surface area contributed by atoms with Crippen LogP contribution in [0.15, 0.2) is 16.6 Å². The van der Waals surface area contributed by atoms with Gasteiger partial charge in [-0.2, -0.15) is 0 Å². The second-order valence-corrected chi connectivity index (χ2v) is 5.71. The molecule has 0 saturated carbocycles. The fraction of sp³-hybridized carbons (Fsp3) is 0.286. The van der Waals surface area contributed by atoms with Gasteiger partial charge in [-0.3, -0.25) is 0 Å².